The van der Waals surface area contributed by atoms with E-state index in [1.54, 1.807) is 7.11 Å². The molecule has 0 aliphatic heterocycles. The summed E-state index contributed by atoms with van der Waals surface area (Å²) in [7, 11) is -2.20. The second-order valence-electron chi connectivity index (χ2n) is 4.70. The van der Waals surface area contributed by atoms with E-state index in [4.69, 9.17) is 9.29 Å². The molecule has 0 atom stereocenters. The molecule has 0 aliphatic carbocycles. The van der Waals surface area contributed by atoms with Gasteiger partial charge in [-0.1, -0.05) is 19.4 Å². The first-order valence-electron chi connectivity index (χ1n) is 6.78. The van der Waals surface area contributed by atoms with E-state index in [2.05, 4.69) is 12.2 Å². The highest BCUT2D eigenvalue weighted by Crippen LogP contribution is 2.19. The Morgan fingerprint density at radius 3 is 2.65 bits per heavy atom. The van der Waals surface area contributed by atoms with E-state index in [1.165, 1.54) is 11.1 Å². The van der Waals surface area contributed by atoms with Crippen LogP contribution in [0.1, 0.15) is 30.9 Å². The maximum absolute atomic E-state index is 10.6. The van der Waals surface area contributed by atoms with Crippen molar-refractivity contribution in [3.05, 3.63) is 29.3 Å². The van der Waals surface area contributed by atoms with Crippen molar-refractivity contribution in [3.63, 3.8) is 0 Å². The Morgan fingerprint density at radius 2 is 2.05 bits per heavy atom. The van der Waals surface area contributed by atoms with Gasteiger partial charge in [0, 0.05) is 6.54 Å². The molecule has 1 rings (SSSR count). The fraction of sp³-hybridized carbons (Fsp3) is 0.571. The summed E-state index contributed by atoms with van der Waals surface area (Å²) < 4.78 is 35.0. The van der Waals surface area contributed by atoms with E-state index < -0.39 is 10.1 Å². The van der Waals surface area contributed by atoms with Crippen LogP contribution in [0.3, 0.4) is 0 Å². The van der Waals surface area contributed by atoms with Gasteiger partial charge in [-0.3, -0.25) is 4.55 Å². The van der Waals surface area contributed by atoms with Crippen molar-refractivity contribution in [2.45, 2.75) is 32.7 Å². The summed E-state index contributed by atoms with van der Waals surface area (Å²) in [6, 6.07) is 5.99. The van der Waals surface area contributed by atoms with E-state index >= 15 is 0 Å². The zero-order chi connectivity index (χ0) is 15.0. The number of rotatable bonds is 9. The molecule has 2 N–H and O–H groups in total. The van der Waals surface area contributed by atoms with E-state index in [9.17, 15) is 8.42 Å². The Morgan fingerprint density at radius 1 is 1.30 bits per heavy atom. The molecule has 1 aromatic rings. The molecule has 0 saturated heterocycles. The maximum atomic E-state index is 10.6. The van der Waals surface area contributed by atoms with Gasteiger partial charge in [0.05, 0.1) is 12.9 Å². The largest absolute Gasteiger partial charge is 0.497 e. The third kappa shape index (κ3) is 6.36. The average Bonchev–Trinajstić information content (AvgIpc) is 2.38. The molecule has 5 nitrogen and oxygen atoms in total. The maximum Gasteiger partial charge on any atom is 0.264 e. The monoisotopic (exact) mass is 301 g/mol. The normalized spacial score (nSPS) is 11.6. The molecule has 0 spiro atoms. The van der Waals surface area contributed by atoms with E-state index in [0.29, 0.717) is 19.5 Å². The molecule has 114 valence electrons. The lowest BCUT2D eigenvalue weighted by Crippen LogP contribution is -2.18. The summed E-state index contributed by atoms with van der Waals surface area (Å²) in [5, 5.41) is 3.19. The van der Waals surface area contributed by atoms with Crippen LogP contribution in [0, 0.1) is 0 Å². The lowest BCUT2D eigenvalue weighted by Gasteiger charge is -2.12. The Bertz CT molecular complexity index is 514. The van der Waals surface area contributed by atoms with Crippen molar-refractivity contribution < 1.29 is 17.7 Å². The summed E-state index contributed by atoms with van der Waals surface area (Å²) >= 11 is 0. The van der Waals surface area contributed by atoms with Crippen LogP contribution in [-0.4, -0.2) is 32.4 Å². The van der Waals surface area contributed by atoms with E-state index in [1.807, 2.05) is 18.2 Å². The van der Waals surface area contributed by atoms with Gasteiger partial charge in [-0.25, -0.2) is 0 Å². The lowest BCUT2D eigenvalue weighted by atomic mass is 10.0. The standard InChI is InChI=1S/C14H23NO4S/c1-3-5-12-10-14(19-2)7-6-13(12)11-15-8-4-9-20(16,17)18/h6-7,10,15H,3-5,8-9,11H2,1-2H3,(H,16,17,18). The second kappa shape index (κ2) is 8.24. The van der Waals surface area contributed by atoms with Crippen molar-refractivity contribution in [2.24, 2.45) is 0 Å². The van der Waals surface area contributed by atoms with Gasteiger partial charge in [0.25, 0.3) is 10.1 Å². The van der Waals surface area contributed by atoms with Gasteiger partial charge in [-0.05, 0) is 42.6 Å². The van der Waals surface area contributed by atoms with Crippen LogP contribution in [-0.2, 0) is 23.1 Å². The average molecular weight is 301 g/mol. The first-order chi connectivity index (χ1) is 9.46. The van der Waals surface area contributed by atoms with Crippen LogP contribution in [0.15, 0.2) is 18.2 Å². The van der Waals surface area contributed by atoms with Crippen molar-refractivity contribution in [1.29, 1.82) is 0 Å². The summed E-state index contributed by atoms with van der Waals surface area (Å²) in [5.74, 6) is 0.647. The number of methoxy groups -OCH3 is 1. The fourth-order valence-electron chi connectivity index (χ4n) is 2.01. The minimum absolute atomic E-state index is 0.204. The number of nitrogens with one attached hydrogen (secondary N) is 1. The molecule has 20 heavy (non-hydrogen) atoms. The Hall–Kier alpha value is -1.11. The second-order valence-corrected chi connectivity index (χ2v) is 6.27. The third-order valence-electron chi connectivity index (χ3n) is 3.00. The van der Waals surface area contributed by atoms with Gasteiger partial charge < -0.3 is 10.1 Å². The van der Waals surface area contributed by atoms with Crippen LogP contribution in [0.5, 0.6) is 5.75 Å². The lowest BCUT2D eigenvalue weighted by molar-refractivity contribution is 0.414. The summed E-state index contributed by atoms with van der Waals surface area (Å²) in [4.78, 5) is 0. The predicted molar refractivity (Wildman–Crippen MR) is 79.7 cm³/mol. The van der Waals surface area contributed by atoms with Crippen molar-refractivity contribution in [3.8, 4) is 5.75 Å². The highest BCUT2D eigenvalue weighted by molar-refractivity contribution is 7.85. The molecule has 1 aromatic carbocycles. The van der Waals surface area contributed by atoms with Crippen LogP contribution in [0.2, 0.25) is 0 Å². The van der Waals surface area contributed by atoms with Gasteiger partial charge >= 0.3 is 0 Å². The molecule has 0 saturated carbocycles. The van der Waals surface area contributed by atoms with Gasteiger partial charge in [-0.2, -0.15) is 8.42 Å². The summed E-state index contributed by atoms with van der Waals surface area (Å²) in [5.41, 5.74) is 2.44. The third-order valence-corrected chi connectivity index (χ3v) is 3.81. The van der Waals surface area contributed by atoms with Crippen LogP contribution < -0.4 is 10.1 Å². The van der Waals surface area contributed by atoms with Gasteiger partial charge in [0.2, 0.25) is 0 Å². The van der Waals surface area contributed by atoms with Crippen molar-refractivity contribution in [1.82, 2.24) is 5.32 Å². The highest BCUT2D eigenvalue weighted by atomic mass is 32.2. The molecule has 0 radical (unpaired) electrons. The molecule has 6 heteroatoms. The van der Waals surface area contributed by atoms with Crippen LogP contribution >= 0.6 is 0 Å². The Kier molecular flexibility index (Phi) is 6.98. The Labute approximate surface area is 121 Å². The van der Waals surface area contributed by atoms with Gasteiger partial charge in [0.15, 0.2) is 0 Å². The minimum atomic E-state index is -3.85. The smallest absolute Gasteiger partial charge is 0.264 e. The molecular weight excluding hydrogens is 278 g/mol. The SMILES string of the molecule is CCCc1cc(OC)ccc1CNCCCS(=O)(=O)O. The quantitative estimate of drug-likeness (QED) is 0.539. The molecule has 0 unspecified atom stereocenters. The summed E-state index contributed by atoms with van der Waals surface area (Å²) in [6.07, 6.45) is 2.44. The summed E-state index contributed by atoms with van der Waals surface area (Å²) in [6.45, 7) is 3.37. The zero-order valence-electron chi connectivity index (χ0n) is 12.1. The fourth-order valence-corrected chi connectivity index (χ4v) is 2.52. The molecule has 0 heterocycles. The molecule has 0 aliphatic rings. The number of aryl methyl sites for hydroxylation is 1. The van der Waals surface area contributed by atoms with Gasteiger partial charge in [-0.15, -0.1) is 0 Å². The molecule has 0 fully saturated rings. The first-order valence-corrected chi connectivity index (χ1v) is 8.39. The molecule has 0 amide bonds. The number of hydrogen-bond acceptors (Lipinski definition) is 4. The topological polar surface area (TPSA) is 75.6 Å². The molecular formula is C14H23NO4S. The number of benzene rings is 1. The first kappa shape index (κ1) is 16.9. The van der Waals surface area contributed by atoms with Crippen molar-refractivity contribution in [2.75, 3.05) is 19.4 Å². The highest BCUT2D eigenvalue weighted by Gasteiger charge is 2.05. The minimum Gasteiger partial charge on any atom is -0.497 e. The number of hydrogen-bond donors (Lipinski definition) is 2. The van der Waals surface area contributed by atoms with E-state index in [-0.39, 0.29) is 5.75 Å². The zero-order valence-corrected chi connectivity index (χ0v) is 12.9. The van der Waals surface area contributed by atoms with Crippen LogP contribution in [0.4, 0.5) is 0 Å². The number of ether oxygens (including phenoxy) is 1. The predicted octanol–water partition coefficient (Wildman–Crippen LogP) is 2.02. The van der Waals surface area contributed by atoms with Crippen LogP contribution in [0.25, 0.3) is 0 Å². The molecule has 0 aromatic heterocycles. The van der Waals surface area contributed by atoms with Crippen molar-refractivity contribution >= 4 is 10.1 Å². The molecule has 0 bridgehead atoms. The van der Waals surface area contributed by atoms with E-state index in [0.717, 1.165) is 18.6 Å². The van der Waals surface area contributed by atoms with Gasteiger partial charge in [0.1, 0.15) is 5.75 Å². The Balaban J connectivity index is 2.50.